The molecular weight excluding hydrogens is 284 g/mol. The van der Waals surface area contributed by atoms with Gasteiger partial charge in [-0.05, 0) is 36.6 Å². The summed E-state index contributed by atoms with van der Waals surface area (Å²) in [6.45, 7) is 1.74. The smallest absolute Gasteiger partial charge is 0.228 e. The average molecular weight is 304 g/mol. The maximum absolute atomic E-state index is 12.5. The first-order chi connectivity index (χ1) is 10.2. The van der Waals surface area contributed by atoms with Crippen molar-refractivity contribution in [3.8, 4) is 0 Å². The van der Waals surface area contributed by atoms with Gasteiger partial charge in [0.05, 0.1) is 18.5 Å². The van der Waals surface area contributed by atoms with Gasteiger partial charge in [-0.2, -0.15) is 0 Å². The van der Waals surface area contributed by atoms with E-state index in [1.807, 2.05) is 22.4 Å². The van der Waals surface area contributed by atoms with Crippen LogP contribution < -0.4 is 0 Å². The van der Waals surface area contributed by atoms with Crippen molar-refractivity contribution in [1.82, 2.24) is 9.80 Å². The Kier molecular flexibility index (Phi) is 3.25. The van der Waals surface area contributed by atoms with Crippen molar-refractivity contribution in [3.05, 3.63) is 22.4 Å². The Morgan fingerprint density at radius 3 is 2.86 bits per heavy atom. The van der Waals surface area contributed by atoms with Crippen molar-refractivity contribution in [2.75, 3.05) is 13.1 Å². The predicted molar refractivity (Wildman–Crippen MR) is 81.0 cm³/mol. The molecule has 2 saturated heterocycles. The van der Waals surface area contributed by atoms with E-state index in [4.69, 9.17) is 0 Å². The Morgan fingerprint density at radius 1 is 1.29 bits per heavy atom. The van der Waals surface area contributed by atoms with Gasteiger partial charge in [0.25, 0.3) is 0 Å². The number of carbonyl (C=O) groups excluding carboxylic acids is 2. The number of thiophene rings is 1. The van der Waals surface area contributed by atoms with Crippen molar-refractivity contribution in [2.45, 2.75) is 44.2 Å². The number of likely N-dealkylation sites (tertiary alicyclic amines) is 2. The van der Waals surface area contributed by atoms with Gasteiger partial charge in [0, 0.05) is 24.4 Å². The minimum absolute atomic E-state index is 0.128. The zero-order chi connectivity index (χ0) is 14.4. The van der Waals surface area contributed by atoms with Crippen LogP contribution in [0.25, 0.3) is 0 Å². The molecule has 2 aliphatic heterocycles. The number of fused-ring (bicyclic) bond motifs is 1. The minimum atomic E-state index is 0.128. The lowest BCUT2D eigenvalue weighted by atomic mass is 10.1. The molecule has 3 fully saturated rings. The fourth-order valence-electron chi connectivity index (χ4n) is 3.72. The third-order valence-corrected chi connectivity index (χ3v) is 5.87. The molecule has 5 heteroatoms. The van der Waals surface area contributed by atoms with Crippen LogP contribution in [0.4, 0.5) is 0 Å². The monoisotopic (exact) mass is 304 g/mol. The predicted octanol–water partition coefficient (Wildman–Crippen LogP) is 1.90. The van der Waals surface area contributed by atoms with Gasteiger partial charge in [0.1, 0.15) is 0 Å². The number of rotatable bonds is 4. The van der Waals surface area contributed by atoms with Gasteiger partial charge < -0.3 is 9.80 Å². The van der Waals surface area contributed by atoms with Gasteiger partial charge in [-0.25, -0.2) is 0 Å². The van der Waals surface area contributed by atoms with Gasteiger partial charge in [-0.3, -0.25) is 9.59 Å². The highest BCUT2D eigenvalue weighted by Gasteiger charge is 2.49. The Morgan fingerprint density at radius 2 is 2.14 bits per heavy atom. The van der Waals surface area contributed by atoms with E-state index < -0.39 is 0 Å². The van der Waals surface area contributed by atoms with Crippen LogP contribution in [0.2, 0.25) is 0 Å². The average Bonchev–Trinajstić information content (AvgIpc) is 2.84. The number of nitrogens with zero attached hydrogens (tertiary/aromatic N) is 2. The van der Waals surface area contributed by atoms with Crippen LogP contribution >= 0.6 is 11.3 Å². The summed E-state index contributed by atoms with van der Waals surface area (Å²) < 4.78 is 0. The lowest BCUT2D eigenvalue weighted by molar-refractivity contribution is -0.131. The highest BCUT2D eigenvalue weighted by molar-refractivity contribution is 7.10. The van der Waals surface area contributed by atoms with Crippen LogP contribution in [0.5, 0.6) is 0 Å². The Balaban J connectivity index is 1.44. The van der Waals surface area contributed by atoms with Crippen molar-refractivity contribution < 1.29 is 9.59 Å². The van der Waals surface area contributed by atoms with Crippen LogP contribution in [0, 0.1) is 5.92 Å². The SMILES string of the molecule is O=C1C[C@H]2[C@@H](CCN2C(=O)Cc2cccs2)N1CC1CC1. The summed E-state index contributed by atoms with van der Waals surface area (Å²) in [7, 11) is 0. The molecule has 3 heterocycles. The molecule has 1 saturated carbocycles. The zero-order valence-electron chi connectivity index (χ0n) is 12.0. The Labute approximate surface area is 128 Å². The second-order valence-corrected chi connectivity index (χ2v) is 7.49. The van der Waals surface area contributed by atoms with Crippen LogP contribution in [-0.2, 0) is 16.0 Å². The summed E-state index contributed by atoms with van der Waals surface area (Å²) >= 11 is 1.63. The lowest BCUT2D eigenvalue weighted by Crippen LogP contribution is -2.41. The second-order valence-electron chi connectivity index (χ2n) is 6.46. The third kappa shape index (κ3) is 2.48. The van der Waals surface area contributed by atoms with Crippen LogP contribution in [0.1, 0.15) is 30.6 Å². The van der Waals surface area contributed by atoms with Gasteiger partial charge in [0.2, 0.25) is 11.8 Å². The summed E-state index contributed by atoms with van der Waals surface area (Å²) in [4.78, 5) is 29.9. The Hall–Kier alpha value is -1.36. The van der Waals surface area contributed by atoms with E-state index in [-0.39, 0.29) is 23.9 Å². The zero-order valence-corrected chi connectivity index (χ0v) is 12.8. The van der Waals surface area contributed by atoms with Crippen LogP contribution in [-0.4, -0.2) is 46.8 Å². The van der Waals surface area contributed by atoms with E-state index >= 15 is 0 Å². The summed E-state index contributed by atoms with van der Waals surface area (Å²) in [6.07, 6.45) is 4.51. The van der Waals surface area contributed by atoms with E-state index in [1.54, 1.807) is 11.3 Å². The van der Waals surface area contributed by atoms with Crippen molar-refractivity contribution in [3.63, 3.8) is 0 Å². The van der Waals surface area contributed by atoms with E-state index in [2.05, 4.69) is 4.90 Å². The number of amides is 2. The van der Waals surface area contributed by atoms with Gasteiger partial charge in [-0.1, -0.05) is 6.07 Å². The standard InChI is InChI=1S/C16H20N2O2S/c19-15(8-12-2-1-7-21-12)17-6-5-13-14(17)9-16(20)18(13)10-11-3-4-11/h1-2,7,11,13-14H,3-6,8-10H2/t13-,14+/m1/s1. The second kappa shape index (κ2) is 5.13. The molecule has 0 N–H and O–H groups in total. The molecule has 0 radical (unpaired) electrons. The maximum atomic E-state index is 12.5. The summed E-state index contributed by atoms with van der Waals surface area (Å²) in [5.74, 6) is 1.17. The Bertz CT molecular complexity index is 553. The summed E-state index contributed by atoms with van der Waals surface area (Å²) in [5, 5.41) is 2.01. The number of hydrogen-bond acceptors (Lipinski definition) is 3. The summed E-state index contributed by atoms with van der Waals surface area (Å²) in [6, 6.07) is 4.40. The van der Waals surface area contributed by atoms with Crippen LogP contribution in [0.3, 0.4) is 0 Å². The minimum Gasteiger partial charge on any atom is -0.337 e. The molecule has 2 amide bonds. The molecule has 3 aliphatic rings. The molecule has 112 valence electrons. The van der Waals surface area contributed by atoms with Crippen molar-refractivity contribution >= 4 is 23.2 Å². The maximum Gasteiger partial charge on any atom is 0.228 e. The fraction of sp³-hybridized carbons (Fsp3) is 0.625. The highest BCUT2D eigenvalue weighted by atomic mass is 32.1. The van der Waals surface area contributed by atoms with E-state index in [9.17, 15) is 9.59 Å². The van der Waals surface area contributed by atoms with E-state index in [0.29, 0.717) is 12.8 Å². The third-order valence-electron chi connectivity index (χ3n) is 4.99. The molecule has 1 aromatic rings. The molecule has 4 nitrogen and oxygen atoms in total. The lowest BCUT2D eigenvalue weighted by Gasteiger charge is -2.25. The normalized spacial score (nSPS) is 28.3. The van der Waals surface area contributed by atoms with Gasteiger partial charge in [0.15, 0.2) is 0 Å². The molecule has 4 rings (SSSR count). The van der Waals surface area contributed by atoms with Crippen LogP contribution in [0.15, 0.2) is 17.5 Å². The molecule has 0 unspecified atom stereocenters. The van der Waals surface area contributed by atoms with E-state index in [1.165, 1.54) is 12.8 Å². The first-order valence-corrected chi connectivity index (χ1v) is 8.71. The molecule has 2 atom stereocenters. The largest absolute Gasteiger partial charge is 0.337 e. The van der Waals surface area contributed by atoms with E-state index in [0.717, 1.165) is 30.3 Å². The molecule has 0 spiro atoms. The van der Waals surface area contributed by atoms with Gasteiger partial charge >= 0.3 is 0 Å². The highest BCUT2D eigenvalue weighted by Crippen LogP contribution is 2.37. The molecule has 21 heavy (non-hydrogen) atoms. The summed E-state index contributed by atoms with van der Waals surface area (Å²) in [5.41, 5.74) is 0. The quantitative estimate of drug-likeness (QED) is 0.852. The fourth-order valence-corrected chi connectivity index (χ4v) is 4.41. The first kappa shape index (κ1) is 13.3. The first-order valence-electron chi connectivity index (χ1n) is 7.83. The topological polar surface area (TPSA) is 40.6 Å². The van der Waals surface area contributed by atoms with Crippen molar-refractivity contribution in [1.29, 1.82) is 0 Å². The number of carbonyl (C=O) groups is 2. The molecule has 1 aliphatic carbocycles. The molecule has 0 bridgehead atoms. The number of hydrogen-bond donors (Lipinski definition) is 0. The van der Waals surface area contributed by atoms with Gasteiger partial charge in [-0.15, -0.1) is 11.3 Å². The van der Waals surface area contributed by atoms with Crippen molar-refractivity contribution in [2.24, 2.45) is 5.92 Å². The molecule has 1 aromatic heterocycles. The molecule has 0 aromatic carbocycles. The molecular formula is C16H20N2O2S.